The Kier molecular flexibility index (Phi) is 5.50. The van der Waals surface area contributed by atoms with Crippen LogP contribution in [0.4, 0.5) is 18.0 Å². The molecule has 0 saturated carbocycles. The summed E-state index contributed by atoms with van der Waals surface area (Å²) in [5.41, 5.74) is 3.30. The largest absolute Gasteiger partial charge is 0.573 e. The fraction of sp³-hybridized carbons (Fsp3) is 0.364. The molecular weight excluding hydrogens is 453 g/mol. The maximum Gasteiger partial charge on any atom is 0.573 e. The molecule has 0 unspecified atom stereocenters. The van der Waals surface area contributed by atoms with Crippen LogP contribution in [-0.2, 0) is 17.8 Å². The van der Waals surface area contributed by atoms with E-state index in [0.29, 0.717) is 44.7 Å². The Morgan fingerprint density at radius 3 is 2.56 bits per heavy atom. The fourth-order valence-electron chi connectivity index (χ4n) is 4.41. The molecule has 3 aliphatic rings. The lowest BCUT2D eigenvalue weighted by atomic mass is 10.1. The Labute approximate surface area is 192 Å². The summed E-state index contributed by atoms with van der Waals surface area (Å²) < 4.78 is 40.6. The number of halogens is 3. The second kappa shape index (κ2) is 8.50. The lowest BCUT2D eigenvalue weighted by molar-refractivity contribution is -0.274. The monoisotopic (exact) mass is 474 g/mol. The normalized spacial score (nSPS) is 19.9. The minimum atomic E-state index is -4.75. The number of benzene rings is 1. The van der Waals surface area contributed by atoms with Crippen molar-refractivity contribution in [3.05, 3.63) is 59.1 Å². The number of hydrogen-bond acceptors (Lipinski definition) is 5. The van der Waals surface area contributed by atoms with Crippen molar-refractivity contribution in [2.75, 3.05) is 26.2 Å². The van der Waals surface area contributed by atoms with Crippen molar-refractivity contribution in [1.82, 2.24) is 30.1 Å². The molecule has 1 N–H and O–H groups in total. The SMILES string of the molecule is O=C(C=Cc1ccc(OC(F)(F)F)cc1)N1CC2=CN(C(=O)N3CCc4n[nH]nc4C3)C[C@H]2C1. The van der Waals surface area contributed by atoms with E-state index in [2.05, 4.69) is 20.1 Å². The first kappa shape index (κ1) is 22.0. The summed E-state index contributed by atoms with van der Waals surface area (Å²) >= 11 is 0. The number of carbonyl (C=O) groups excluding carboxylic acids is 2. The molecule has 0 aliphatic carbocycles. The average molecular weight is 474 g/mol. The van der Waals surface area contributed by atoms with Gasteiger partial charge in [-0.25, -0.2) is 4.79 Å². The number of alkyl halides is 3. The molecule has 12 heteroatoms. The van der Waals surface area contributed by atoms with Crippen LogP contribution >= 0.6 is 0 Å². The van der Waals surface area contributed by atoms with Gasteiger partial charge in [-0.2, -0.15) is 15.4 Å². The minimum Gasteiger partial charge on any atom is -0.406 e. The van der Waals surface area contributed by atoms with Crippen LogP contribution in [0.25, 0.3) is 6.08 Å². The molecule has 178 valence electrons. The van der Waals surface area contributed by atoms with Gasteiger partial charge in [-0.15, -0.1) is 13.2 Å². The predicted molar refractivity (Wildman–Crippen MR) is 113 cm³/mol. The zero-order valence-electron chi connectivity index (χ0n) is 18.0. The number of hydrogen-bond donors (Lipinski definition) is 1. The van der Waals surface area contributed by atoms with Gasteiger partial charge in [-0.1, -0.05) is 12.1 Å². The number of H-pyrrole nitrogens is 1. The minimum absolute atomic E-state index is 0.0775. The Hall–Kier alpha value is -3.83. The van der Waals surface area contributed by atoms with Crippen LogP contribution in [0.3, 0.4) is 0 Å². The smallest absolute Gasteiger partial charge is 0.406 e. The predicted octanol–water partition coefficient (Wildman–Crippen LogP) is 2.55. The highest BCUT2D eigenvalue weighted by atomic mass is 19.4. The standard InChI is InChI=1S/C22H21F3N6O3/c23-22(24,25)34-17-4-1-14(2-5-17)3-6-20(32)30-9-15-11-31(12-16(15)10-30)21(33)29-8-7-18-19(13-29)27-28-26-18/h1-6,11,16H,7-10,12-13H2,(H,26,27,28)/t16-/m1/s1. The van der Waals surface area contributed by atoms with Crippen molar-refractivity contribution in [2.24, 2.45) is 5.92 Å². The van der Waals surface area contributed by atoms with Gasteiger partial charge in [0.25, 0.3) is 0 Å². The number of urea groups is 1. The number of rotatable bonds is 3. The molecular formula is C22H21F3N6O3. The molecule has 3 amide bonds. The van der Waals surface area contributed by atoms with Gasteiger partial charge in [0.1, 0.15) is 11.4 Å². The molecule has 0 radical (unpaired) electrons. The zero-order chi connectivity index (χ0) is 23.9. The molecule has 9 nitrogen and oxygen atoms in total. The summed E-state index contributed by atoms with van der Waals surface area (Å²) in [4.78, 5) is 30.7. The van der Waals surface area contributed by atoms with E-state index in [9.17, 15) is 22.8 Å². The number of aromatic nitrogens is 3. The lowest BCUT2D eigenvalue weighted by Gasteiger charge is -2.29. The highest BCUT2D eigenvalue weighted by Crippen LogP contribution is 2.31. The van der Waals surface area contributed by atoms with E-state index in [1.807, 2.05) is 6.20 Å². The van der Waals surface area contributed by atoms with Crippen molar-refractivity contribution >= 4 is 18.0 Å². The van der Waals surface area contributed by atoms with E-state index in [1.54, 1.807) is 20.8 Å². The van der Waals surface area contributed by atoms with Crippen LogP contribution < -0.4 is 4.74 Å². The summed E-state index contributed by atoms with van der Waals surface area (Å²) in [6.07, 6.45) is 0.698. The van der Waals surface area contributed by atoms with Gasteiger partial charge in [0.15, 0.2) is 0 Å². The fourth-order valence-corrected chi connectivity index (χ4v) is 4.41. The Bertz CT molecular complexity index is 1160. The number of fused-ring (bicyclic) bond motifs is 2. The molecule has 0 bridgehead atoms. The van der Waals surface area contributed by atoms with Crippen LogP contribution in [-0.4, -0.2) is 74.6 Å². The molecule has 5 rings (SSSR count). The maximum absolute atomic E-state index is 12.9. The van der Waals surface area contributed by atoms with Gasteiger partial charge in [-0.3, -0.25) is 4.79 Å². The first-order chi connectivity index (χ1) is 16.2. The van der Waals surface area contributed by atoms with Gasteiger partial charge in [-0.05, 0) is 29.3 Å². The van der Waals surface area contributed by atoms with Gasteiger partial charge in [0, 0.05) is 50.8 Å². The van der Waals surface area contributed by atoms with E-state index in [0.717, 1.165) is 17.0 Å². The summed E-state index contributed by atoms with van der Waals surface area (Å²) in [5.74, 6) is -0.425. The summed E-state index contributed by atoms with van der Waals surface area (Å²) in [6.45, 7) is 2.47. The molecule has 1 fully saturated rings. The molecule has 1 aromatic carbocycles. The van der Waals surface area contributed by atoms with Gasteiger partial charge in [0.05, 0.1) is 12.2 Å². The number of carbonyl (C=O) groups is 2. The Morgan fingerprint density at radius 1 is 1.06 bits per heavy atom. The molecule has 4 heterocycles. The van der Waals surface area contributed by atoms with E-state index < -0.39 is 6.36 Å². The maximum atomic E-state index is 12.9. The van der Waals surface area contributed by atoms with Crippen LogP contribution in [0.5, 0.6) is 5.75 Å². The van der Waals surface area contributed by atoms with Gasteiger partial charge >= 0.3 is 12.4 Å². The van der Waals surface area contributed by atoms with Crippen LogP contribution in [0.15, 0.2) is 42.1 Å². The van der Waals surface area contributed by atoms with Crippen molar-refractivity contribution in [3.8, 4) is 5.75 Å². The molecule has 0 spiro atoms. The number of ether oxygens (including phenoxy) is 1. The summed E-state index contributed by atoms with van der Waals surface area (Å²) in [6, 6.07) is 5.20. The second-order valence-corrected chi connectivity index (χ2v) is 8.39. The lowest BCUT2D eigenvalue weighted by Crippen LogP contribution is -2.43. The topological polar surface area (TPSA) is 94.7 Å². The van der Waals surface area contributed by atoms with Crippen LogP contribution in [0.2, 0.25) is 0 Å². The van der Waals surface area contributed by atoms with Gasteiger partial charge < -0.3 is 19.4 Å². The van der Waals surface area contributed by atoms with Crippen molar-refractivity contribution in [1.29, 1.82) is 0 Å². The van der Waals surface area contributed by atoms with Crippen molar-refractivity contribution < 1.29 is 27.5 Å². The molecule has 34 heavy (non-hydrogen) atoms. The molecule has 1 atom stereocenters. The Balaban J connectivity index is 1.15. The highest BCUT2D eigenvalue weighted by molar-refractivity contribution is 5.92. The van der Waals surface area contributed by atoms with Crippen molar-refractivity contribution in [2.45, 2.75) is 19.3 Å². The van der Waals surface area contributed by atoms with E-state index in [4.69, 9.17) is 0 Å². The van der Waals surface area contributed by atoms with E-state index in [1.165, 1.54) is 30.3 Å². The van der Waals surface area contributed by atoms with Crippen LogP contribution in [0, 0.1) is 5.92 Å². The third kappa shape index (κ3) is 4.61. The van der Waals surface area contributed by atoms with E-state index in [-0.39, 0.29) is 23.6 Å². The quantitative estimate of drug-likeness (QED) is 0.690. The highest BCUT2D eigenvalue weighted by Gasteiger charge is 2.38. The second-order valence-electron chi connectivity index (χ2n) is 8.39. The third-order valence-electron chi connectivity index (χ3n) is 6.10. The first-order valence-corrected chi connectivity index (χ1v) is 10.7. The first-order valence-electron chi connectivity index (χ1n) is 10.7. The third-order valence-corrected chi connectivity index (χ3v) is 6.10. The molecule has 1 aromatic heterocycles. The number of likely N-dealkylation sites (tertiary alicyclic amines) is 1. The van der Waals surface area contributed by atoms with E-state index >= 15 is 0 Å². The van der Waals surface area contributed by atoms with Crippen LogP contribution in [0.1, 0.15) is 17.0 Å². The Morgan fingerprint density at radius 2 is 1.82 bits per heavy atom. The number of nitrogens with zero attached hydrogens (tertiary/aromatic N) is 5. The summed E-state index contributed by atoms with van der Waals surface area (Å²) in [5, 5.41) is 10.8. The molecule has 3 aliphatic heterocycles. The average Bonchev–Trinajstić information content (AvgIpc) is 3.51. The molecule has 2 aromatic rings. The zero-order valence-corrected chi connectivity index (χ0v) is 18.0. The summed E-state index contributed by atoms with van der Waals surface area (Å²) in [7, 11) is 0. The van der Waals surface area contributed by atoms with Gasteiger partial charge in [0.2, 0.25) is 5.91 Å². The number of aromatic amines is 1. The van der Waals surface area contributed by atoms with Crippen molar-refractivity contribution in [3.63, 3.8) is 0 Å². The molecule has 1 saturated heterocycles. The number of amides is 3. The number of nitrogens with one attached hydrogen (secondary N) is 1.